The monoisotopic (exact) mass is 371 g/mol. The van der Waals surface area contributed by atoms with Crippen molar-refractivity contribution in [2.45, 2.75) is 0 Å². The van der Waals surface area contributed by atoms with E-state index >= 15 is 0 Å². The molecule has 1 aliphatic heterocycles. The predicted molar refractivity (Wildman–Crippen MR) is 102 cm³/mol. The molecular weight excluding hydrogens is 358 g/mol. The topological polar surface area (TPSA) is 66.8 Å². The van der Waals surface area contributed by atoms with Crippen molar-refractivity contribution in [3.05, 3.63) is 64.6 Å². The summed E-state index contributed by atoms with van der Waals surface area (Å²) < 4.78 is 5.69. The van der Waals surface area contributed by atoms with Crippen LogP contribution in [0.25, 0.3) is 6.08 Å². The lowest BCUT2D eigenvalue weighted by Crippen LogP contribution is -2.27. The fourth-order valence-corrected chi connectivity index (χ4v) is 3.66. The van der Waals surface area contributed by atoms with Gasteiger partial charge in [0.25, 0.3) is 5.91 Å². The number of rotatable bonds is 4. The number of aromatic carboxylic acids is 1. The van der Waals surface area contributed by atoms with E-state index in [1.807, 2.05) is 24.3 Å². The van der Waals surface area contributed by atoms with E-state index in [-0.39, 0.29) is 11.5 Å². The molecule has 1 aliphatic rings. The van der Waals surface area contributed by atoms with E-state index in [1.165, 1.54) is 28.8 Å². The molecule has 1 saturated heterocycles. The molecule has 3 rings (SSSR count). The third kappa shape index (κ3) is 3.42. The van der Waals surface area contributed by atoms with Crippen molar-refractivity contribution in [3.8, 4) is 5.75 Å². The Morgan fingerprint density at radius 3 is 2.52 bits per heavy atom. The van der Waals surface area contributed by atoms with Gasteiger partial charge < -0.3 is 9.84 Å². The standard InChI is InChI=1S/C18H13NO4S2/c1-23-14-5-3-2-4-12(14)10-15-16(20)19(18(24)25-15)13-8-6-11(7-9-13)17(21)22/h2-10H,1H3,(H,21,22)/b15-10-. The molecule has 0 atom stereocenters. The highest BCUT2D eigenvalue weighted by atomic mass is 32.2. The molecule has 1 fully saturated rings. The smallest absolute Gasteiger partial charge is 0.335 e. The average molecular weight is 371 g/mol. The highest BCUT2D eigenvalue weighted by Crippen LogP contribution is 2.37. The van der Waals surface area contributed by atoms with Gasteiger partial charge in [-0.1, -0.05) is 42.2 Å². The van der Waals surface area contributed by atoms with E-state index in [2.05, 4.69) is 0 Å². The number of thioether (sulfide) groups is 1. The van der Waals surface area contributed by atoms with Gasteiger partial charge in [-0.2, -0.15) is 0 Å². The van der Waals surface area contributed by atoms with Crippen molar-refractivity contribution >= 4 is 51.9 Å². The number of methoxy groups -OCH3 is 1. The number of thiocarbonyl (C=S) groups is 1. The number of anilines is 1. The second-order valence-electron chi connectivity index (χ2n) is 5.11. The molecule has 0 saturated carbocycles. The minimum Gasteiger partial charge on any atom is -0.496 e. The number of carboxylic acids is 1. The zero-order valence-corrected chi connectivity index (χ0v) is 14.8. The molecular formula is C18H13NO4S2. The summed E-state index contributed by atoms with van der Waals surface area (Å²) in [6, 6.07) is 13.4. The normalized spacial score (nSPS) is 15.7. The Bertz CT molecular complexity index is 890. The van der Waals surface area contributed by atoms with Gasteiger partial charge in [0.2, 0.25) is 0 Å². The number of carboxylic acid groups (broad SMARTS) is 1. The molecule has 0 spiro atoms. The summed E-state index contributed by atoms with van der Waals surface area (Å²) >= 11 is 6.52. The molecule has 0 unspecified atom stereocenters. The second kappa shape index (κ2) is 7.08. The zero-order chi connectivity index (χ0) is 18.0. The molecule has 2 aromatic rings. The molecule has 25 heavy (non-hydrogen) atoms. The molecule has 0 bridgehead atoms. The number of nitrogens with zero attached hydrogens (tertiary/aromatic N) is 1. The second-order valence-corrected chi connectivity index (χ2v) is 6.79. The Morgan fingerprint density at radius 1 is 1.20 bits per heavy atom. The maximum Gasteiger partial charge on any atom is 0.335 e. The first-order chi connectivity index (χ1) is 12.0. The Kier molecular flexibility index (Phi) is 4.87. The number of hydrogen-bond donors (Lipinski definition) is 1. The molecule has 0 aliphatic carbocycles. The summed E-state index contributed by atoms with van der Waals surface area (Å²) in [6.45, 7) is 0. The van der Waals surface area contributed by atoms with Gasteiger partial charge in [-0.05, 0) is 36.4 Å². The van der Waals surface area contributed by atoms with Crippen LogP contribution in [0.5, 0.6) is 5.75 Å². The molecule has 1 amide bonds. The fraction of sp³-hybridized carbons (Fsp3) is 0.0556. The van der Waals surface area contributed by atoms with Crippen LogP contribution in [0.4, 0.5) is 5.69 Å². The number of amides is 1. The summed E-state index contributed by atoms with van der Waals surface area (Å²) in [4.78, 5) is 25.6. The Hall–Kier alpha value is -2.64. The average Bonchev–Trinajstić information content (AvgIpc) is 2.89. The van der Waals surface area contributed by atoms with Crippen LogP contribution in [-0.2, 0) is 4.79 Å². The van der Waals surface area contributed by atoms with Crippen molar-refractivity contribution in [2.24, 2.45) is 0 Å². The highest BCUT2D eigenvalue weighted by molar-refractivity contribution is 8.27. The van der Waals surface area contributed by atoms with Crippen LogP contribution < -0.4 is 9.64 Å². The first-order valence-corrected chi connectivity index (χ1v) is 8.48. The maximum atomic E-state index is 12.7. The SMILES string of the molecule is COc1ccccc1/C=C1\SC(=S)N(c2ccc(C(=O)O)cc2)C1=O. The molecule has 2 aromatic carbocycles. The van der Waals surface area contributed by atoms with E-state index in [0.717, 1.165) is 5.56 Å². The van der Waals surface area contributed by atoms with Gasteiger partial charge >= 0.3 is 5.97 Å². The Balaban J connectivity index is 1.92. The van der Waals surface area contributed by atoms with Crippen LogP contribution >= 0.6 is 24.0 Å². The first kappa shape index (κ1) is 17.2. The van der Waals surface area contributed by atoms with Gasteiger partial charge in [-0.3, -0.25) is 9.69 Å². The van der Waals surface area contributed by atoms with E-state index in [0.29, 0.717) is 20.7 Å². The van der Waals surface area contributed by atoms with Crippen LogP contribution in [0.3, 0.4) is 0 Å². The summed E-state index contributed by atoms with van der Waals surface area (Å²) in [5.41, 5.74) is 1.47. The largest absolute Gasteiger partial charge is 0.496 e. The van der Waals surface area contributed by atoms with Gasteiger partial charge in [0.15, 0.2) is 4.32 Å². The third-order valence-corrected chi connectivity index (χ3v) is 4.89. The summed E-state index contributed by atoms with van der Waals surface area (Å²) in [5, 5.41) is 8.97. The van der Waals surface area contributed by atoms with Crippen molar-refractivity contribution in [3.63, 3.8) is 0 Å². The van der Waals surface area contributed by atoms with Crippen LogP contribution in [0, 0.1) is 0 Å². The minimum atomic E-state index is -1.02. The van der Waals surface area contributed by atoms with Crippen LogP contribution in [0.15, 0.2) is 53.4 Å². The van der Waals surface area contributed by atoms with Crippen molar-refractivity contribution < 1.29 is 19.4 Å². The lowest BCUT2D eigenvalue weighted by Gasteiger charge is -2.14. The van der Waals surface area contributed by atoms with Gasteiger partial charge in [0.1, 0.15) is 5.75 Å². The molecule has 126 valence electrons. The summed E-state index contributed by atoms with van der Waals surface area (Å²) in [7, 11) is 1.57. The Labute approximate surface area is 153 Å². The molecule has 5 nitrogen and oxygen atoms in total. The lowest BCUT2D eigenvalue weighted by atomic mass is 10.1. The number of benzene rings is 2. The van der Waals surface area contributed by atoms with Crippen molar-refractivity contribution in [1.82, 2.24) is 0 Å². The van der Waals surface area contributed by atoms with E-state index in [1.54, 1.807) is 25.3 Å². The molecule has 0 radical (unpaired) electrons. The fourth-order valence-electron chi connectivity index (χ4n) is 2.37. The number of hydrogen-bond acceptors (Lipinski definition) is 5. The highest BCUT2D eigenvalue weighted by Gasteiger charge is 2.33. The Morgan fingerprint density at radius 2 is 1.88 bits per heavy atom. The van der Waals surface area contributed by atoms with Crippen LogP contribution in [-0.4, -0.2) is 28.4 Å². The minimum absolute atomic E-state index is 0.152. The molecule has 0 aromatic heterocycles. The quantitative estimate of drug-likeness (QED) is 0.651. The summed E-state index contributed by atoms with van der Waals surface area (Å²) in [5.74, 6) is -0.601. The third-order valence-electron chi connectivity index (χ3n) is 3.59. The van der Waals surface area contributed by atoms with Crippen molar-refractivity contribution in [1.29, 1.82) is 0 Å². The van der Waals surface area contributed by atoms with E-state index in [4.69, 9.17) is 22.1 Å². The van der Waals surface area contributed by atoms with Crippen LogP contribution in [0.2, 0.25) is 0 Å². The number of carbonyl (C=O) groups excluding carboxylic acids is 1. The van der Waals surface area contributed by atoms with Crippen LogP contribution in [0.1, 0.15) is 15.9 Å². The number of ether oxygens (including phenoxy) is 1. The van der Waals surface area contributed by atoms with E-state index < -0.39 is 5.97 Å². The number of carbonyl (C=O) groups is 2. The van der Waals surface area contributed by atoms with Gasteiger partial charge in [0, 0.05) is 5.56 Å². The molecule has 1 heterocycles. The summed E-state index contributed by atoms with van der Waals surface area (Å²) in [6.07, 6.45) is 1.74. The van der Waals surface area contributed by atoms with E-state index in [9.17, 15) is 9.59 Å². The maximum absolute atomic E-state index is 12.7. The molecule has 7 heteroatoms. The van der Waals surface area contributed by atoms with Gasteiger partial charge in [0.05, 0.1) is 23.3 Å². The molecule has 1 N–H and O–H groups in total. The zero-order valence-electron chi connectivity index (χ0n) is 13.1. The van der Waals surface area contributed by atoms with Gasteiger partial charge in [-0.15, -0.1) is 0 Å². The van der Waals surface area contributed by atoms with Crippen molar-refractivity contribution in [2.75, 3.05) is 12.0 Å². The lowest BCUT2D eigenvalue weighted by molar-refractivity contribution is -0.113. The first-order valence-electron chi connectivity index (χ1n) is 7.25. The number of para-hydroxylation sites is 1. The predicted octanol–water partition coefficient (Wildman–Crippen LogP) is 3.80. The van der Waals surface area contributed by atoms with Gasteiger partial charge in [-0.25, -0.2) is 4.79 Å².